The third kappa shape index (κ3) is 6.05. The van der Waals surface area contributed by atoms with Crippen LogP contribution in [0.1, 0.15) is 43.0 Å². The molecule has 2 aromatic rings. The highest BCUT2D eigenvalue weighted by Crippen LogP contribution is 2.12. The third-order valence-corrected chi connectivity index (χ3v) is 3.53. The van der Waals surface area contributed by atoms with Crippen molar-refractivity contribution in [2.24, 2.45) is 5.73 Å². The van der Waals surface area contributed by atoms with Crippen molar-refractivity contribution >= 4 is 6.09 Å². The third-order valence-electron chi connectivity index (χ3n) is 3.53. The Balaban J connectivity index is 1.87. The van der Waals surface area contributed by atoms with Crippen LogP contribution in [0.5, 0.6) is 0 Å². The van der Waals surface area contributed by atoms with Gasteiger partial charge in [-0.25, -0.2) is 4.79 Å². The molecule has 4 heteroatoms. The molecule has 0 aromatic heterocycles. The first-order valence-corrected chi connectivity index (χ1v) is 8.18. The van der Waals surface area contributed by atoms with Crippen molar-refractivity contribution in [2.75, 3.05) is 0 Å². The topological polar surface area (TPSA) is 64.3 Å². The molecule has 0 radical (unpaired) electrons. The summed E-state index contributed by atoms with van der Waals surface area (Å²) < 4.78 is 5.22. The maximum atomic E-state index is 11.7. The lowest BCUT2D eigenvalue weighted by Gasteiger charge is -2.19. The van der Waals surface area contributed by atoms with Crippen LogP contribution in [0, 0.1) is 0 Å². The molecular formula is C20H26N2O2. The molecule has 4 nitrogen and oxygen atoms in total. The van der Waals surface area contributed by atoms with Gasteiger partial charge in [-0.3, -0.25) is 0 Å². The summed E-state index contributed by atoms with van der Waals surface area (Å²) in [6, 6.07) is 16.6. The molecule has 0 aliphatic carbocycles. The van der Waals surface area contributed by atoms with Crippen molar-refractivity contribution in [3.05, 3.63) is 70.8 Å². The summed E-state index contributed by atoms with van der Waals surface area (Å²) in [4.78, 5) is 11.7. The monoisotopic (exact) mass is 326 g/mol. The molecule has 0 aliphatic rings. The van der Waals surface area contributed by atoms with Gasteiger partial charge in [-0.15, -0.1) is 0 Å². The van der Waals surface area contributed by atoms with Gasteiger partial charge in [-0.1, -0.05) is 48.5 Å². The molecule has 0 saturated heterocycles. The highest BCUT2D eigenvalue weighted by atomic mass is 16.6. The predicted octanol–water partition coefficient (Wildman–Crippen LogP) is 3.76. The average Bonchev–Trinajstić information content (AvgIpc) is 2.53. The Labute approximate surface area is 144 Å². The van der Waals surface area contributed by atoms with E-state index in [2.05, 4.69) is 41.7 Å². The number of hydrogen-bond donors (Lipinski definition) is 2. The number of nitrogens with one attached hydrogen (secondary N) is 1. The van der Waals surface area contributed by atoms with E-state index in [0.29, 0.717) is 13.1 Å². The van der Waals surface area contributed by atoms with Gasteiger partial charge in [0.1, 0.15) is 5.60 Å². The largest absolute Gasteiger partial charge is 0.444 e. The van der Waals surface area contributed by atoms with Gasteiger partial charge in [0.25, 0.3) is 0 Å². The van der Waals surface area contributed by atoms with Gasteiger partial charge >= 0.3 is 6.09 Å². The van der Waals surface area contributed by atoms with E-state index in [-0.39, 0.29) is 0 Å². The quantitative estimate of drug-likeness (QED) is 0.879. The maximum Gasteiger partial charge on any atom is 0.407 e. The van der Waals surface area contributed by atoms with Crippen LogP contribution in [0.2, 0.25) is 0 Å². The minimum Gasteiger partial charge on any atom is -0.444 e. The fourth-order valence-corrected chi connectivity index (χ4v) is 2.29. The minimum absolute atomic E-state index is 0.397. The number of nitrogens with two attached hydrogens (primary N) is 1. The Morgan fingerprint density at radius 3 is 1.83 bits per heavy atom. The second-order valence-electron chi connectivity index (χ2n) is 6.87. The lowest BCUT2D eigenvalue weighted by Crippen LogP contribution is -2.32. The summed E-state index contributed by atoms with van der Waals surface area (Å²) in [5, 5.41) is 2.76. The lowest BCUT2D eigenvalue weighted by molar-refractivity contribution is 0.0523. The first-order chi connectivity index (χ1) is 11.4. The summed E-state index contributed by atoms with van der Waals surface area (Å²) in [6.07, 6.45) is 0.483. The van der Waals surface area contributed by atoms with E-state index < -0.39 is 11.7 Å². The van der Waals surface area contributed by atoms with E-state index in [4.69, 9.17) is 10.5 Å². The van der Waals surface area contributed by atoms with E-state index in [1.165, 1.54) is 11.1 Å². The zero-order chi connectivity index (χ0) is 17.6. The fourth-order valence-electron chi connectivity index (χ4n) is 2.29. The number of hydrogen-bond acceptors (Lipinski definition) is 3. The SMILES string of the molecule is CC(C)(C)OC(=O)NCc1ccc(Cc2ccc(CN)cc2)cc1. The zero-order valence-electron chi connectivity index (χ0n) is 14.6. The Morgan fingerprint density at radius 2 is 1.38 bits per heavy atom. The van der Waals surface area contributed by atoms with Crippen LogP contribution in [0.15, 0.2) is 48.5 Å². The lowest BCUT2D eigenvalue weighted by atomic mass is 10.0. The van der Waals surface area contributed by atoms with Crippen LogP contribution in [0.4, 0.5) is 4.79 Å². The molecule has 0 heterocycles. The molecule has 0 spiro atoms. The number of carbonyl (C=O) groups is 1. The summed E-state index contributed by atoms with van der Waals surface area (Å²) in [6.45, 7) is 6.57. The van der Waals surface area contributed by atoms with Gasteiger partial charge in [0.05, 0.1) is 0 Å². The minimum atomic E-state index is -0.479. The first kappa shape index (κ1) is 18.0. The van der Waals surface area contributed by atoms with Crippen molar-refractivity contribution in [3.63, 3.8) is 0 Å². The van der Waals surface area contributed by atoms with E-state index in [0.717, 1.165) is 17.5 Å². The molecule has 2 rings (SSSR count). The summed E-state index contributed by atoms with van der Waals surface area (Å²) in [5.41, 5.74) is 9.81. The Kier molecular flexibility index (Phi) is 5.99. The molecule has 2 aromatic carbocycles. The second-order valence-corrected chi connectivity index (χ2v) is 6.87. The molecule has 0 bridgehead atoms. The Bertz CT molecular complexity index is 656. The molecular weight excluding hydrogens is 300 g/mol. The maximum absolute atomic E-state index is 11.7. The number of rotatable bonds is 5. The zero-order valence-corrected chi connectivity index (χ0v) is 14.6. The van der Waals surface area contributed by atoms with Gasteiger partial charge in [-0.05, 0) is 49.4 Å². The van der Waals surface area contributed by atoms with Crippen molar-refractivity contribution in [1.82, 2.24) is 5.32 Å². The van der Waals surface area contributed by atoms with Crippen LogP contribution in [-0.4, -0.2) is 11.7 Å². The molecule has 24 heavy (non-hydrogen) atoms. The average molecular weight is 326 g/mol. The van der Waals surface area contributed by atoms with E-state index in [1.54, 1.807) is 0 Å². The van der Waals surface area contributed by atoms with Crippen molar-refractivity contribution in [2.45, 2.75) is 45.9 Å². The van der Waals surface area contributed by atoms with Gasteiger partial charge in [0.15, 0.2) is 0 Å². The van der Waals surface area contributed by atoms with Gasteiger partial charge in [-0.2, -0.15) is 0 Å². The molecule has 1 amide bonds. The highest BCUT2D eigenvalue weighted by molar-refractivity contribution is 5.67. The van der Waals surface area contributed by atoms with E-state index in [9.17, 15) is 4.79 Å². The van der Waals surface area contributed by atoms with Gasteiger partial charge in [0.2, 0.25) is 0 Å². The molecule has 0 fully saturated rings. The van der Waals surface area contributed by atoms with E-state index >= 15 is 0 Å². The summed E-state index contributed by atoms with van der Waals surface area (Å²) >= 11 is 0. The van der Waals surface area contributed by atoms with Crippen LogP contribution in [0.25, 0.3) is 0 Å². The first-order valence-electron chi connectivity index (χ1n) is 8.18. The molecule has 128 valence electrons. The van der Waals surface area contributed by atoms with Crippen molar-refractivity contribution in [1.29, 1.82) is 0 Å². The van der Waals surface area contributed by atoms with E-state index in [1.807, 2.05) is 32.9 Å². The fraction of sp³-hybridized carbons (Fsp3) is 0.350. The number of alkyl carbamates (subject to hydrolysis) is 1. The van der Waals surface area contributed by atoms with Crippen molar-refractivity contribution in [3.8, 4) is 0 Å². The second kappa shape index (κ2) is 7.97. The van der Waals surface area contributed by atoms with Gasteiger partial charge < -0.3 is 15.8 Å². The Morgan fingerprint density at radius 1 is 0.917 bits per heavy atom. The summed E-state index contributed by atoms with van der Waals surface area (Å²) in [5.74, 6) is 0. The predicted molar refractivity (Wildman–Crippen MR) is 96.7 cm³/mol. The van der Waals surface area contributed by atoms with Crippen LogP contribution in [0.3, 0.4) is 0 Å². The van der Waals surface area contributed by atoms with Crippen LogP contribution < -0.4 is 11.1 Å². The normalized spacial score (nSPS) is 11.2. The molecule has 0 unspecified atom stereocenters. The summed E-state index contributed by atoms with van der Waals surface area (Å²) in [7, 11) is 0. The number of ether oxygens (including phenoxy) is 1. The standard InChI is InChI=1S/C20H26N2O2/c1-20(2,3)24-19(23)22-14-18-10-6-16(7-11-18)12-15-4-8-17(13-21)9-5-15/h4-11H,12-14,21H2,1-3H3,(H,22,23). The number of amides is 1. The highest BCUT2D eigenvalue weighted by Gasteiger charge is 2.15. The molecule has 0 saturated carbocycles. The number of benzene rings is 2. The molecule has 0 atom stereocenters. The number of carbonyl (C=O) groups excluding carboxylic acids is 1. The molecule has 0 aliphatic heterocycles. The van der Waals surface area contributed by atoms with Crippen LogP contribution in [-0.2, 0) is 24.2 Å². The van der Waals surface area contributed by atoms with Crippen LogP contribution >= 0.6 is 0 Å². The van der Waals surface area contributed by atoms with Gasteiger partial charge in [0, 0.05) is 13.1 Å². The Hall–Kier alpha value is -2.33. The van der Waals surface area contributed by atoms with Crippen molar-refractivity contribution < 1.29 is 9.53 Å². The molecule has 3 N–H and O–H groups in total. The smallest absolute Gasteiger partial charge is 0.407 e.